The Kier molecular flexibility index (Phi) is 8.08. The number of amides is 1. The summed E-state index contributed by atoms with van der Waals surface area (Å²) in [5.74, 6) is -1.99. The van der Waals surface area contributed by atoms with Gasteiger partial charge in [0.1, 0.15) is 0 Å². The van der Waals surface area contributed by atoms with Crippen LogP contribution < -0.4 is 5.73 Å². The average molecular weight is 486 g/mol. The van der Waals surface area contributed by atoms with E-state index < -0.39 is 40.9 Å². The normalized spacial score (nSPS) is 14.1. The first-order valence-corrected chi connectivity index (χ1v) is 9.33. The Balaban J connectivity index is 2.41. The number of nitrogens with two attached hydrogens (primary N) is 1. The van der Waals surface area contributed by atoms with Gasteiger partial charge in [-0.2, -0.15) is 30.7 Å². The molecule has 0 fully saturated rings. The Bertz CT molecular complexity index is 1140. The Morgan fingerprint density at radius 3 is 2.00 bits per heavy atom. The number of alkyl halides is 6. The SMILES string of the molecule is CN=C(N=C/C(C)=C\C=C(\C(N)=O)c1ccc(F)nc1)c1cc(C(F)(F)F)cc(C(F)(F)F)c1. The van der Waals surface area contributed by atoms with Crippen LogP contribution >= 0.6 is 0 Å². The third-order valence-electron chi connectivity index (χ3n) is 4.26. The molecular weight excluding hydrogens is 469 g/mol. The lowest BCUT2D eigenvalue weighted by atomic mass is 10.0. The highest BCUT2D eigenvalue weighted by Gasteiger charge is 2.37. The standard InChI is InChI=1S/C22H17F7N4O/c1-12(3-5-17(19(30)34)13-4-6-18(23)32-11-13)10-33-20(31-2)14-7-15(21(24,25)26)9-16(8-14)22(27,28)29/h3-11H,1-2H3,(H2,30,34)/b12-3-,17-5+,31-20?,33-10?. The summed E-state index contributed by atoms with van der Waals surface area (Å²) >= 11 is 0. The van der Waals surface area contributed by atoms with Gasteiger partial charge in [-0.25, -0.2) is 9.98 Å². The Labute approximate surface area is 189 Å². The minimum Gasteiger partial charge on any atom is -0.366 e. The summed E-state index contributed by atoms with van der Waals surface area (Å²) in [7, 11) is 1.16. The lowest BCUT2D eigenvalue weighted by Gasteiger charge is -2.14. The molecule has 0 aliphatic carbocycles. The molecular formula is C22H17F7N4O. The second-order valence-electron chi connectivity index (χ2n) is 6.82. The van der Waals surface area contributed by atoms with Gasteiger partial charge in [-0.15, -0.1) is 0 Å². The second-order valence-corrected chi connectivity index (χ2v) is 6.82. The van der Waals surface area contributed by atoms with Gasteiger partial charge in [0, 0.05) is 36.2 Å². The zero-order valence-electron chi connectivity index (χ0n) is 17.7. The number of amidine groups is 1. The van der Waals surface area contributed by atoms with E-state index in [0.29, 0.717) is 17.7 Å². The van der Waals surface area contributed by atoms with E-state index in [9.17, 15) is 35.5 Å². The van der Waals surface area contributed by atoms with Gasteiger partial charge in [0.25, 0.3) is 0 Å². The molecule has 0 aliphatic heterocycles. The number of aromatic nitrogens is 1. The van der Waals surface area contributed by atoms with Crippen molar-refractivity contribution in [2.75, 3.05) is 7.05 Å². The number of benzene rings is 1. The molecule has 2 N–H and O–H groups in total. The van der Waals surface area contributed by atoms with Crippen LogP contribution in [0.15, 0.2) is 64.2 Å². The van der Waals surface area contributed by atoms with Crippen LogP contribution in [0.5, 0.6) is 0 Å². The number of pyridine rings is 1. The number of hydrogen-bond acceptors (Lipinski definition) is 3. The minimum absolute atomic E-state index is 0.00606. The number of halogens is 7. The number of carbonyl (C=O) groups is 1. The maximum atomic E-state index is 13.1. The van der Waals surface area contributed by atoms with Crippen LogP contribution in [0.3, 0.4) is 0 Å². The molecule has 1 heterocycles. The zero-order chi connectivity index (χ0) is 25.7. The van der Waals surface area contributed by atoms with E-state index >= 15 is 0 Å². The average Bonchev–Trinajstić information content (AvgIpc) is 2.74. The molecule has 0 bridgehead atoms. The van der Waals surface area contributed by atoms with Gasteiger partial charge in [0.2, 0.25) is 11.9 Å². The maximum Gasteiger partial charge on any atom is 0.416 e. The van der Waals surface area contributed by atoms with Gasteiger partial charge in [-0.1, -0.05) is 6.08 Å². The fraction of sp³-hybridized carbons (Fsp3) is 0.182. The summed E-state index contributed by atoms with van der Waals surface area (Å²) < 4.78 is 91.6. The Morgan fingerprint density at radius 2 is 1.56 bits per heavy atom. The highest BCUT2D eigenvalue weighted by atomic mass is 19.4. The van der Waals surface area contributed by atoms with Crippen LogP contribution in [0.25, 0.3) is 5.57 Å². The summed E-state index contributed by atoms with van der Waals surface area (Å²) in [5, 5.41) is 0. The quantitative estimate of drug-likeness (QED) is 0.157. The largest absolute Gasteiger partial charge is 0.416 e. The first-order valence-electron chi connectivity index (χ1n) is 9.33. The van der Waals surface area contributed by atoms with Crippen LogP contribution in [0.1, 0.15) is 29.2 Å². The number of nitrogens with zero attached hydrogens (tertiary/aromatic N) is 3. The smallest absolute Gasteiger partial charge is 0.366 e. The lowest BCUT2D eigenvalue weighted by molar-refractivity contribution is -0.143. The summed E-state index contributed by atoms with van der Waals surface area (Å²) in [6.07, 6.45) is -5.15. The van der Waals surface area contributed by atoms with Crippen molar-refractivity contribution in [2.45, 2.75) is 19.3 Å². The van der Waals surface area contributed by atoms with Crippen LogP contribution in [0.2, 0.25) is 0 Å². The van der Waals surface area contributed by atoms with E-state index in [1.165, 1.54) is 25.1 Å². The van der Waals surface area contributed by atoms with Gasteiger partial charge in [-0.3, -0.25) is 9.79 Å². The molecule has 1 aromatic heterocycles. The number of aliphatic imine (C=N–C) groups is 2. The molecule has 0 atom stereocenters. The van der Waals surface area contributed by atoms with Crippen molar-refractivity contribution in [2.24, 2.45) is 15.7 Å². The number of primary amides is 1. The number of rotatable bonds is 5. The third kappa shape index (κ3) is 7.09. The van der Waals surface area contributed by atoms with Crippen molar-refractivity contribution in [3.05, 3.63) is 82.5 Å². The molecule has 12 heteroatoms. The van der Waals surface area contributed by atoms with Crippen molar-refractivity contribution in [1.82, 2.24) is 4.98 Å². The van der Waals surface area contributed by atoms with Crippen LogP contribution in [0.4, 0.5) is 30.7 Å². The Hall–Kier alpha value is -3.83. The van der Waals surface area contributed by atoms with Crippen molar-refractivity contribution >= 4 is 23.5 Å². The van der Waals surface area contributed by atoms with Gasteiger partial charge in [-0.05, 0) is 48.9 Å². The van der Waals surface area contributed by atoms with Gasteiger partial charge in [0.05, 0.1) is 11.1 Å². The molecule has 180 valence electrons. The maximum absolute atomic E-state index is 13.1. The molecule has 34 heavy (non-hydrogen) atoms. The number of hydrogen-bond donors (Lipinski definition) is 1. The van der Waals surface area contributed by atoms with E-state index in [0.717, 1.165) is 25.5 Å². The monoisotopic (exact) mass is 486 g/mol. The predicted octanol–water partition coefficient (Wildman–Crippen LogP) is 5.22. The zero-order valence-corrected chi connectivity index (χ0v) is 17.7. The van der Waals surface area contributed by atoms with Crippen molar-refractivity contribution in [1.29, 1.82) is 0 Å². The number of allylic oxidation sites excluding steroid dienone is 3. The molecule has 0 spiro atoms. The van der Waals surface area contributed by atoms with Gasteiger partial charge < -0.3 is 5.73 Å². The molecule has 0 radical (unpaired) electrons. The highest BCUT2D eigenvalue weighted by Crippen LogP contribution is 2.36. The molecule has 0 aliphatic rings. The van der Waals surface area contributed by atoms with E-state index in [4.69, 9.17) is 5.73 Å². The fourth-order valence-corrected chi connectivity index (χ4v) is 2.62. The van der Waals surface area contributed by atoms with Crippen LogP contribution in [-0.4, -0.2) is 30.0 Å². The molecule has 0 saturated heterocycles. The molecule has 2 rings (SSSR count). The van der Waals surface area contributed by atoms with E-state index in [-0.39, 0.29) is 23.0 Å². The van der Waals surface area contributed by atoms with Crippen LogP contribution in [-0.2, 0) is 17.1 Å². The summed E-state index contributed by atoms with van der Waals surface area (Å²) in [5.41, 5.74) is 2.40. The van der Waals surface area contributed by atoms with Gasteiger partial charge >= 0.3 is 12.4 Å². The van der Waals surface area contributed by atoms with Crippen molar-refractivity contribution in [3.63, 3.8) is 0 Å². The molecule has 1 aromatic carbocycles. The molecule has 1 amide bonds. The summed E-state index contributed by atoms with van der Waals surface area (Å²) in [4.78, 5) is 22.7. The predicted molar refractivity (Wildman–Crippen MR) is 113 cm³/mol. The first kappa shape index (κ1) is 26.4. The Morgan fingerprint density at radius 1 is 0.971 bits per heavy atom. The first-order chi connectivity index (χ1) is 15.7. The summed E-state index contributed by atoms with van der Waals surface area (Å²) in [6.45, 7) is 1.50. The second kappa shape index (κ2) is 10.4. The molecule has 0 unspecified atom stereocenters. The highest BCUT2D eigenvalue weighted by molar-refractivity contribution is 6.19. The minimum atomic E-state index is -5.01. The van der Waals surface area contributed by atoms with E-state index in [1.54, 1.807) is 0 Å². The van der Waals surface area contributed by atoms with Crippen LogP contribution in [0, 0.1) is 5.95 Å². The third-order valence-corrected chi connectivity index (χ3v) is 4.26. The van der Waals surface area contributed by atoms with E-state index in [2.05, 4.69) is 15.0 Å². The van der Waals surface area contributed by atoms with Crippen molar-refractivity contribution < 1.29 is 35.5 Å². The topological polar surface area (TPSA) is 80.7 Å². The molecule has 5 nitrogen and oxygen atoms in total. The lowest BCUT2D eigenvalue weighted by Crippen LogP contribution is -2.13. The fourth-order valence-electron chi connectivity index (χ4n) is 2.62. The number of carbonyl (C=O) groups excluding carboxylic acids is 1. The molecule has 2 aromatic rings. The van der Waals surface area contributed by atoms with Crippen molar-refractivity contribution in [3.8, 4) is 0 Å². The van der Waals surface area contributed by atoms with Gasteiger partial charge in [0.15, 0.2) is 5.84 Å². The van der Waals surface area contributed by atoms with E-state index in [1.807, 2.05) is 0 Å². The molecule has 0 saturated carbocycles. The summed E-state index contributed by atoms with van der Waals surface area (Å²) in [6, 6.07) is 3.34.